The van der Waals surface area contributed by atoms with E-state index in [0.29, 0.717) is 5.54 Å². The second-order valence-electron chi connectivity index (χ2n) is 6.36. The van der Waals surface area contributed by atoms with E-state index in [9.17, 15) is 0 Å². The number of likely N-dealkylation sites (tertiary alicyclic amines) is 1. The van der Waals surface area contributed by atoms with Crippen molar-refractivity contribution < 1.29 is 0 Å². The Kier molecular flexibility index (Phi) is 3.06. The number of fused-ring (bicyclic) bond motifs is 1. The zero-order valence-electron chi connectivity index (χ0n) is 11.6. The first-order valence-corrected chi connectivity index (χ1v) is 7.26. The van der Waals surface area contributed by atoms with Crippen molar-refractivity contribution in [3.05, 3.63) is 29.3 Å². The lowest BCUT2D eigenvalue weighted by atomic mass is 9.99. The lowest BCUT2D eigenvalue weighted by Gasteiger charge is -2.32. The minimum absolute atomic E-state index is 0.383. The molecule has 2 heteroatoms. The van der Waals surface area contributed by atoms with Crippen LogP contribution in [0.15, 0.2) is 18.2 Å². The Balaban J connectivity index is 1.77. The first kappa shape index (κ1) is 12.0. The highest BCUT2D eigenvalue weighted by molar-refractivity contribution is 5.54. The number of aryl methyl sites for hydroxylation is 1. The molecule has 1 fully saturated rings. The summed E-state index contributed by atoms with van der Waals surface area (Å²) in [5.74, 6) is 0. The summed E-state index contributed by atoms with van der Waals surface area (Å²) in [6, 6.07) is 6.98. The predicted octanol–water partition coefficient (Wildman–Crippen LogP) is 3.42. The summed E-state index contributed by atoms with van der Waals surface area (Å²) in [7, 11) is 0. The molecule has 0 unspecified atom stereocenters. The third-order valence-corrected chi connectivity index (χ3v) is 4.55. The van der Waals surface area contributed by atoms with Gasteiger partial charge in [0.25, 0.3) is 0 Å². The van der Waals surface area contributed by atoms with Gasteiger partial charge >= 0.3 is 0 Å². The van der Waals surface area contributed by atoms with E-state index in [1.54, 1.807) is 0 Å². The quantitative estimate of drug-likeness (QED) is 0.857. The van der Waals surface area contributed by atoms with Gasteiger partial charge in [-0.15, -0.1) is 0 Å². The summed E-state index contributed by atoms with van der Waals surface area (Å²) in [5, 5.41) is 3.49. The Bertz CT molecular complexity index is 437. The molecule has 18 heavy (non-hydrogen) atoms. The van der Waals surface area contributed by atoms with E-state index in [-0.39, 0.29) is 0 Å². The minimum Gasteiger partial charge on any atom is -0.385 e. The smallest absolute Gasteiger partial charge is 0.0372 e. The molecule has 1 aromatic carbocycles. The van der Waals surface area contributed by atoms with Crippen LogP contribution in [0.5, 0.6) is 0 Å². The first-order chi connectivity index (χ1) is 8.65. The third-order valence-electron chi connectivity index (χ3n) is 4.55. The molecule has 3 rings (SSSR count). The summed E-state index contributed by atoms with van der Waals surface area (Å²) in [6.07, 6.45) is 5.18. The Hall–Kier alpha value is -1.02. The minimum atomic E-state index is 0.383. The number of nitrogens with zero attached hydrogens (tertiary/aromatic N) is 1. The highest BCUT2D eigenvalue weighted by Crippen LogP contribution is 2.31. The standard InChI is InChI=1S/C16H24N2/c1-16(2)8-4-10-18(16)12-13-6-7-15-14(11-13)5-3-9-17-15/h6-7,11,17H,3-5,8-10,12H2,1-2H3. The molecule has 0 atom stereocenters. The van der Waals surface area contributed by atoms with Gasteiger partial charge in [-0.3, -0.25) is 4.90 Å². The van der Waals surface area contributed by atoms with Gasteiger partial charge < -0.3 is 5.32 Å². The molecule has 0 radical (unpaired) electrons. The van der Waals surface area contributed by atoms with Gasteiger partial charge in [-0.05, 0) is 63.3 Å². The second-order valence-corrected chi connectivity index (χ2v) is 6.36. The van der Waals surface area contributed by atoms with Crippen LogP contribution in [-0.2, 0) is 13.0 Å². The topological polar surface area (TPSA) is 15.3 Å². The SMILES string of the molecule is CC1(C)CCCN1Cc1ccc2c(c1)CCCN2. The molecule has 2 aliphatic heterocycles. The zero-order valence-corrected chi connectivity index (χ0v) is 11.6. The predicted molar refractivity (Wildman–Crippen MR) is 77.0 cm³/mol. The highest BCUT2D eigenvalue weighted by atomic mass is 15.2. The van der Waals surface area contributed by atoms with Crippen LogP contribution in [0.2, 0.25) is 0 Å². The fraction of sp³-hybridized carbons (Fsp3) is 0.625. The molecule has 2 nitrogen and oxygen atoms in total. The highest BCUT2D eigenvalue weighted by Gasteiger charge is 2.31. The number of anilines is 1. The van der Waals surface area contributed by atoms with Crippen LogP contribution < -0.4 is 5.32 Å². The van der Waals surface area contributed by atoms with Crippen molar-refractivity contribution in [3.8, 4) is 0 Å². The maximum Gasteiger partial charge on any atom is 0.0372 e. The Morgan fingerprint density at radius 3 is 2.94 bits per heavy atom. The van der Waals surface area contributed by atoms with Crippen molar-refractivity contribution in [2.24, 2.45) is 0 Å². The maximum atomic E-state index is 3.49. The van der Waals surface area contributed by atoms with Gasteiger partial charge in [0.15, 0.2) is 0 Å². The summed E-state index contributed by atoms with van der Waals surface area (Å²) >= 11 is 0. The number of nitrogens with one attached hydrogen (secondary N) is 1. The third kappa shape index (κ3) is 2.26. The number of benzene rings is 1. The average Bonchev–Trinajstić information content (AvgIpc) is 2.69. The maximum absolute atomic E-state index is 3.49. The van der Waals surface area contributed by atoms with Crippen molar-refractivity contribution in [1.82, 2.24) is 4.90 Å². The largest absolute Gasteiger partial charge is 0.385 e. The van der Waals surface area contributed by atoms with Crippen molar-refractivity contribution >= 4 is 5.69 Å². The van der Waals surface area contributed by atoms with Gasteiger partial charge in [0.05, 0.1) is 0 Å². The molecule has 0 aromatic heterocycles. The van der Waals surface area contributed by atoms with Crippen molar-refractivity contribution in [3.63, 3.8) is 0 Å². The van der Waals surface area contributed by atoms with E-state index in [0.717, 1.165) is 13.1 Å². The van der Waals surface area contributed by atoms with Crippen LogP contribution in [-0.4, -0.2) is 23.5 Å². The van der Waals surface area contributed by atoms with E-state index in [1.165, 1.54) is 49.0 Å². The average molecular weight is 244 g/mol. The zero-order chi connectivity index (χ0) is 12.6. The van der Waals surface area contributed by atoms with Crippen LogP contribution in [0.1, 0.15) is 44.2 Å². The number of hydrogen-bond donors (Lipinski definition) is 1. The molecule has 2 heterocycles. The van der Waals surface area contributed by atoms with Gasteiger partial charge in [-0.2, -0.15) is 0 Å². The van der Waals surface area contributed by atoms with E-state index in [1.807, 2.05) is 0 Å². The molecule has 2 aliphatic rings. The van der Waals surface area contributed by atoms with Crippen LogP contribution in [0.3, 0.4) is 0 Å². The fourth-order valence-corrected chi connectivity index (χ4v) is 3.30. The van der Waals surface area contributed by atoms with Crippen molar-refractivity contribution in [2.45, 2.75) is 51.6 Å². The second kappa shape index (κ2) is 4.58. The van der Waals surface area contributed by atoms with Gasteiger partial charge in [-0.1, -0.05) is 12.1 Å². The number of rotatable bonds is 2. The monoisotopic (exact) mass is 244 g/mol. The molecule has 0 aliphatic carbocycles. The lowest BCUT2D eigenvalue weighted by molar-refractivity contribution is 0.166. The molecule has 0 saturated carbocycles. The summed E-state index contributed by atoms with van der Waals surface area (Å²) in [6.45, 7) is 8.24. The Labute approximate surface area is 110 Å². The summed E-state index contributed by atoms with van der Waals surface area (Å²) < 4.78 is 0. The van der Waals surface area contributed by atoms with Crippen LogP contribution in [0.25, 0.3) is 0 Å². The normalized spacial score (nSPS) is 22.6. The molecule has 1 saturated heterocycles. The molecule has 1 aromatic rings. The summed E-state index contributed by atoms with van der Waals surface area (Å²) in [5.41, 5.74) is 4.72. The van der Waals surface area contributed by atoms with Gasteiger partial charge in [0.2, 0.25) is 0 Å². The first-order valence-electron chi connectivity index (χ1n) is 7.26. The molecule has 1 N–H and O–H groups in total. The van der Waals surface area contributed by atoms with E-state index >= 15 is 0 Å². The van der Waals surface area contributed by atoms with Crippen LogP contribution in [0.4, 0.5) is 5.69 Å². The molecular formula is C16H24N2. The van der Waals surface area contributed by atoms with Crippen molar-refractivity contribution in [2.75, 3.05) is 18.4 Å². The number of hydrogen-bond acceptors (Lipinski definition) is 2. The van der Waals surface area contributed by atoms with E-state index in [4.69, 9.17) is 0 Å². The molecule has 0 spiro atoms. The lowest BCUT2D eigenvalue weighted by Crippen LogP contribution is -2.37. The van der Waals surface area contributed by atoms with Crippen LogP contribution >= 0.6 is 0 Å². The van der Waals surface area contributed by atoms with Crippen molar-refractivity contribution in [1.29, 1.82) is 0 Å². The van der Waals surface area contributed by atoms with Crippen LogP contribution in [0, 0.1) is 0 Å². The van der Waals surface area contributed by atoms with E-state index in [2.05, 4.69) is 42.3 Å². The van der Waals surface area contributed by atoms with Gasteiger partial charge in [0.1, 0.15) is 0 Å². The molecule has 0 amide bonds. The van der Waals surface area contributed by atoms with Gasteiger partial charge in [-0.25, -0.2) is 0 Å². The Morgan fingerprint density at radius 2 is 2.17 bits per heavy atom. The summed E-state index contributed by atoms with van der Waals surface area (Å²) in [4.78, 5) is 2.63. The van der Waals surface area contributed by atoms with E-state index < -0.39 is 0 Å². The Morgan fingerprint density at radius 1 is 1.28 bits per heavy atom. The fourth-order valence-electron chi connectivity index (χ4n) is 3.30. The van der Waals surface area contributed by atoms with Gasteiger partial charge in [0, 0.05) is 24.3 Å². The molecular weight excluding hydrogens is 220 g/mol. The molecule has 98 valence electrons. The molecule has 0 bridgehead atoms.